The Kier molecular flexibility index (Phi) is 3.27. The normalized spacial score (nSPS) is 10.7. The van der Waals surface area contributed by atoms with Crippen LogP contribution in [0.2, 0.25) is 5.15 Å². The molecule has 0 radical (unpaired) electrons. The van der Waals surface area contributed by atoms with Gasteiger partial charge in [-0.25, -0.2) is 4.68 Å². The van der Waals surface area contributed by atoms with Crippen LogP contribution in [-0.4, -0.2) is 16.9 Å². The first-order valence-corrected chi connectivity index (χ1v) is 5.39. The number of rotatable bonds is 3. The van der Waals surface area contributed by atoms with Gasteiger partial charge in [-0.05, 0) is 24.6 Å². The minimum absolute atomic E-state index is 0.471. The standard InChI is InChI=1S/C12H13ClN2O/c1-9-4-3-5-11(6-9)15-12(13)7-10(14-15)8-16-2/h3-7H,8H2,1-2H3. The third-order valence-corrected chi connectivity index (χ3v) is 2.52. The van der Waals surface area contributed by atoms with E-state index < -0.39 is 0 Å². The SMILES string of the molecule is COCc1cc(Cl)n(-c2cccc(C)c2)n1. The number of nitrogens with zero attached hydrogens (tertiary/aromatic N) is 2. The second kappa shape index (κ2) is 4.68. The molecule has 0 N–H and O–H groups in total. The number of halogens is 1. The Labute approximate surface area is 99.6 Å². The molecule has 0 spiro atoms. The maximum absolute atomic E-state index is 6.11. The lowest BCUT2D eigenvalue weighted by molar-refractivity contribution is 0.181. The summed E-state index contributed by atoms with van der Waals surface area (Å²) in [6.07, 6.45) is 0. The molecular formula is C12H13ClN2O. The summed E-state index contributed by atoms with van der Waals surface area (Å²) < 4.78 is 6.73. The molecule has 2 aromatic rings. The summed E-state index contributed by atoms with van der Waals surface area (Å²) in [6.45, 7) is 2.51. The van der Waals surface area contributed by atoms with Gasteiger partial charge in [-0.2, -0.15) is 5.10 Å². The molecule has 84 valence electrons. The first-order chi connectivity index (χ1) is 7.70. The van der Waals surface area contributed by atoms with Crippen LogP contribution >= 0.6 is 11.6 Å². The molecule has 1 aromatic carbocycles. The van der Waals surface area contributed by atoms with E-state index in [1.54, 1.807) is 11.8 Å². The minimum Gasteiger partial charge on any atom is -0.378 e. The maximum atomic E-state index is 6.11. The zero-order chi connectivity index (χ0) is 11.5. The Morgan fingerprint density at radius 1 is 1.38 bits per heavy atom. The zero-order valence-corrected chi connectivity index (χ0v) is 10.0. The highest BCUT2D eigenvalue weighted by Gasteiger charge is 2.07. The lowest BCUT2D eigenvalue weighted by atomic mass is 10.2. The Morgan fingerprint density at radius 2 is 2.19 bits per heavy atom. The molecule has 2 rings (SSSR count). The zero-order valence-electron chi connectivity index (χ0n) is 9.27. The van der Waals surface area contributed by atoms with Crippen LogP contribution in [0.4, 0.5) is 0 Å². The van der Waals surface area contributed by atoms with Gasteiger partial charge in [0.2, 0.25) is 0 Å². The molecular weight excluding hydrogens is 224 g/mol. The fraction of sp³-hybridized carbons (Fsp3) is 0.250. The van der Waals surface area contributed by atoms with Gasteiger partial charge < -0.3 is 4.74 Å². The van der Waals surface area contributed by atoms with E-state index in [0.29, 0.717) is 11.8 Å². The largest absolute Gasteiger partial charge is 0.378 e. The predicted octanol–water partition coefficient (Wildman–Crippen LogP) is 2.98. The summed E-state index contributed by atoms with van der Waals surface area (Å²) in [7, 11) is 1.64. The average Bonchev–Trinajstić information content (AvgIpc) is 2.60. The Balaban J connectivity index is 2.40. The summed E-state index contributed by atoms with van der Waals surface area (Å²) in [5.41, 5.74) is 2.97. The van der Waals surface area contributed by atoms with E-state index in [9.17, 15) is 0 Å². The summed E-state index contributed by atoms with van der Waals surface area (Å²) in [5.74, 6) is 0. The lowest BCUT2D eigenvalue weighted by Gasteiger charge is -2.03. The molecule has 4 heteroatoms. The van der Waals surface area contributed by atoms with Gasteiger partial charge in [-0.15, -0.1) is 0 Å². The van der Waals surface area contributed by atoms with E-state index >= 15 is 0 Å². The van der Waals surface area contributed by atoms with Crippen molar-refractivity contribution in [2.75, 3.05) is 7.11 Å². The summed E-state index contributed by atoms with van der Waals surface area (Å²) in [5, 5.41) is 4.97. The van der Waals surface area contributed by atoms with Gasteiger partial charge >= 0.3 is 0 Å². The first-order valence-electron chi connectivity index (χ1n) is 5.01. The number of ether oxygens (including phenoxy) is 1. The van der Waals surface area contributed by atoms with E-state index in [-0.39, 0.29) is 0 Å². The van der Waals surface area contributed by atoms with Crippen molar-refractivity contribution in [2.45, 2.75) is 13.5 Å². The van der Waals surface area contributed by atoms with Gasteiger partial charge in [0, 0.05) is 13.2 Å². The molecule has 16 heavy (non-hydrogen) atoms. The molecule has 0 aliphatic rings. The molecule has 1 aromatic heterocycles. The van der Waals surface area contributed by atoms with E-state index in [0.717, 1.165) is 11.4 Å². The van der Waals surface area contributed by atoms with Crippen molar-refractivity contribution in [2.24, 2.45) is 0 Å². The number of methoxy groups -OCH3 is 1. The van der Waals surface area contributed by atoms with Crippen molar-refractivity contribution in [1.29, 1.82) is 0 Å². The second-order valence-corrected chi connectivity index (χ2v) is 4.03. The van der Waals surface area contributed by atoms with E-state index in [2.05, 4.69) is 5.10 Å². The molecule has 3 nitrogen and oxygen atoms in total. The van der Waals surface area contributed by atoms with Crippen molar-refractivity contribution in [3.63, 3.8) is 0 Å². The van der Waals surface area contributed by atoms with Gasteiger partial charge in [0.25, 0.3) is 0 Å². The summed E-state index contributed by atoms with van der Waals surface area (Å²) in [6, 6.07) is 9.85. The Morgan fingerprint density at radius 3 is 2.88 bits per heavy atom. The highest BCUT2D eigenvalue weighted by molar-refractivity contribution is 6.29. The van der Waals surface area contributed by atoms with Crippen LogP contribution in [0.25, 0.3) is 5.69 Å². The molecule has 0 aliphatic carbocycles. The summed E-state index contributed by atoms with van der Waals surface area (Å²) in [4.78, 5) is 0. The fourth-order valence-electron chi connectivity index (χ4n) is 1.56. The lowest BCUT2D eigenvalue weighted by Crippen LogP contribution is -1.98. The van der Waals surface area contributed by atoms with Gasteiger partial charge in [0.1, 0.15) is 5.15 Å². The number of hydrogen-bond donors (Lipinski definition) is 0. The highest BCUT2D eigenvalue weighted by atomic mass is 35.5. The Bertz CT molecular complexity index is 494. The molecule has 0 saturated heterocycles. The maximum Gasteiger partial charge on any atom is 0.133 e. The van der Waals surface area contributed by atoms with Crippen LogP contribution in [0.15, 0.2) is 30.3 Å². The van der Waals surface area contributed by atoms with Crippen molar-refractivity contribution in [3.05, 3.63) is 46.7 Å². The minimum atomic E-state index is 0.471. The number of benzene rings is 1. The molecule has 0 fully saturated rings. The molecule has 0 unspecified atom stereocenters. The van der Waals surface area contributed by atoms with Gasteiger partial charge in [0.05, 0.1) is 18.0 Å². The van der Waals surface area contributed by atoms with Crippen molar-refractivity contribution in [1.82, 2.24) is 9.78 Å². The third-order valence-electron chi connectivity index (χ3n) is 2.25. The van der Waals surface area contributed by atoms with E-state index in [1.165, 1.54) is 5.56 Å². The number of aryl methyl sites for hydroxylation is 1. The van der Waals surface area contributed by atoms with Gasteiger partial charge in [-0.1, -0.05) is 23.7 Å². The molecule has 0 amide bonds. The summed E-state index contributed by atoms with van der Waals surface area (Å²) >= 11 is 6.11. The first kappa shape index (κ1) is 11.2. The topological polar surface area (TPSA) is 27.1 Å². The van der Waals surface area contributed by atoms with Crippen LogP contribution < -0.4 is 0 Å². The Hall–Kier alpha value is -1.32. The van der Waals surface area contributed by atoms with Crippen LogP contribution in [0.5, 0.6) is 0 Å². The van der Waals surface area contributed by atoms with Crippen molar-refractivity contribution in [3.8, 4) is 5.69 Å². The quantitative estimate of drug-likeness (QED) is 0.819. The molecule has 0 aliphatic heterocycles. The second-order valence-electron chi connectivity index (χ2n) is 3.64. The third kappa shape index (κ3) is 2.26. The van der Waals surface area contributed by atoms with Crippen LogP contribution in [0.3, 0.4) is 0 Å². The average molecular weight is 237 g/mol. The van der Waals surface area contributed by atoms with Crippen LogP contribution in [0, 0.1) is 6.92 Å². The van der Waals surface area contributed by atoms with Crippen LogP contribution in [0.1, 0.15) is 11.3 Å². The van der Waals surface area contributed by atoms with E-state index in [4.69, 9.17) is 16.3 Å². The fourth-order valence-corrected chi connectivity index (χ4v) is 1.82. The molecule has 0 saturated carbocycles. The molecule has 0 bridgehead atoms. The number of hydrogen-bond acceptors (Lipinski definition) is 2. The number of aromatic nitrogens is 2. The smallest absolute Gasteiger partial charge is 0.133 e. The van der Waals surface area contributed by atoms with Crippen molar-refractivity contribution >= 4 is 11.6 Å². The monoisotopic (exact) mass is 236 g/mol. The molecule has 0 atom stereocenters. The highest BCUT2D eigenvalue weighted by Crippen LogP contribution is 2.18. The predicted molar refractivity (Wildman–Crippen MR) is 64.0 cm³/mol. The van der Waals surface area contributed by atoms with Crippen molar-refractivity contribution < 1.29 is 4.74 Å². The van der Waals surface area contributed by atoms with Gasteiger partial charge in [0.15, 0.2) is 0 Å². The van der Waals surface area contributed by atoms with Crippen LogP contribution in [-0.2, 0) is 11.3 Å². The molecule has 1 heterocycles. The van der Waals surface area contributed by atoms with Gasteiger partial charge in [-0.3, -0.25) is 0 Å². The van der Waals surface area contributed by atoms with E-state index in [1.807, 2.05) is 37.3 Å².